The average Bonchev–Trinajstić information content (AvgIpc) is 2.48. The van der Waals surface area contributed by atoms with Gasteiger partial charge in [0.2, 0.25) is 5.76 Å². The standard InChI is InChI=1S/C7H6ClNO4/c8-7(12)4-3-9-5(13-4)1-2-6(10)11/h3H,1-2H2,(H,10,11). The van der Waals surface area contributed by atoms with E-state index < -0.39 is 11.2 Å². The van der Waals surface area contributed by atoms with Gasteiger partial charge in [-0.05, 0) is 11.6 Å². The Kier molecular flexibility index (Phi) is 3.02. The number of halogens is 1. The van der Waals surface area contributed by atoms with Gasteiger partial charge in [-0.2, -0.15) is 0 Å². The summed E-state index contributed by atoms with van der Waals surface area (Å²) in [5.74, 6) is -0.814. The Morgan fingerprint density at radius 2 is 2.31 bits per heavy atom. The van der Waals surface area contributed by atoms with Crippen molar-refractivity contribution in [3.05, 3.63) is 17.8 Å². The smallest absolute Gasteiger partial charge is 0.303 e. The minimum absolute atomic E-state index is 0.0675. The summed E-state index contributed by atoms with van der Waals surface area (Å²) < 4.78 is 4.84. The fourth-order valence-electron chi connectivity index (χ4n) is 0.731. The summed E-state index contributed by atoms with van der Waals surface area (Å²) in [4.78, 5) is 24.3. The molecule has 5 nitrogen and oxygen atoms in total. The molecule has 0 aliphatic heterocycles. The van der Waals surface area contributed by atoms with Crippen LogP contribution in [0.25, 0.3) is 0 Å². The maximum atomic E-state index is 10.5. The summed E-state index contributed by atoms with van der Waals surface area (Å²) in [5, 5.41) is 7.59. The minimum Gasteiger partial charge on any atom is -0.481 e. The van der Waals surface area contributed by atoms with Gasteiger partial charge < -0.3 is 9.52 Å². The fraction of sp³-hybridized carbons (Fsp3) is 0.286. The van der Waals surface area contributed by atoms with E-state index in [0.717, 1.165) is 0 Å². The van der Waals surface area contributed by atoms with E-state index in [0.29, 0.717) is 0 Å². The highest BCUT2D eigenvalue weighted by Gasteiger charge is 2.10. The Bertz CT molecular complexity index is 333. The van der Waals surface area contributed by atoms with Crippen molar-refractivity contribution in [2.24, 2.45) is 0 Å². The Morgan fingerprint density at radius 1 is 1.62 bits per heavy atom. The highest BCUT2D eigenvalue weighted by atomic mass is 35.5. The Morgan fingerprint density at radius 3 is 2.77 bits per heavy atom. The first kappa shape index (κ1) is 9.73. The number of nitrogens with zero attached hydrogens (tertiary/aromatic N) is 1. The van der Waals surface area contributed by atoms with Gasteiger partial charge in [0.25, 0.3) is 5.24 Å². The van der Waals surface area contributed by atoms with Crippen LogP contribution < -0.4 is 0 Å². The van der Waals surface area contributed by atoms with Gasteiger partial charge in [-0.25, -0.2) is 4.98 Å². The number of hydrogen-bond acceptors (Lipinski definition) is 4. The molecule has 0 radical (unpaired) electrons. The van der Waals surface area contributed by atoms with Crippen molar-refractivity contribution in [3.8, 4) is 0 Å². The summed E-state index contributed by atoms with van der Waals surface area (Å²) in [6.45, 7) is 0. The van der Waals surface area contributed by atoms with Gasteiger partial charge in [-0.15, -0.1) is 0 Å². The number of carbonyl (C=O) groups is 2. The molecule has 1 heterocycles. The number of rotatable bonds is 4. The largest absolute Gasteiger partial charge is 0.481 e. The normalized spacial score (nSPS) is 9.92. The van der Waals surface area contributed by atoms with E-state index in [1.165, 1.54) is 6.20 Å². The molecule has 13 heavy (non-hydrogen) atoms. The zero-order valence-corrected chi connectivity index (χ0v) is 7.24. The Hall–Kier alpha value is -1.36. The quantitative estimate of drug-likeness (QED) is 0.741. The van der Waals surface area contributed by atoms with Crippen molar-refractivity contribution in [1.82, 2.24) is 4.98 Å². The molecule has 6 heteroatoms. The third-order valence-electron chi connectivity index (χ3n) is 1.30. The zero-order valence-electron chi connectivity index (χ0n) is 6.49. The predicted molar refractivity (Wildman–Crippen MR) is 42.6 cm³/mol. The molecule has 70 valence electrons. The fourth-order valence-corrected chi connectivity index (χ4v) is 0.818. The molecule has 0 aliphatic carbocycles. The number of aliphatic carboxylic acids is 1. The molecule has 1 aromatic rings. The van der Waals surface area contributed by atoms with Crippen LogP contribution in [0.1, 0.15) is 22.9 Å². The third-order valence-corrected chi connectivity index (χ3v) is 1.49. The molecule has 1 aromatic heterocycles. The topological polar surface area (TPSA) is 80.4 Å². The average molecular weight is 204 g/mol. The zero-order chi connectivity index (χ0) is 9.84. The molecule has 0 amide bonds. The second-order valence-corrected chi connectivity index (χ2v) is 2.63. The van der Waals surface area contributed by atoms with Crippen LogP contribution in [-0.2, 0) is 11.2 Å². The summed E-state index contributed by atoms with van der Waals surface area (Å²) in [7, 11) is 0. The predicted octanol–water partition coefficient (Wildman–Crippen LogP) is 1.07. The molecule has 1 N–H and O–H groups in total. The van der Waals surface area contributed by atoms with E-state index in [4.69, 9.17) is 21.1 Å². The number of carboxylic acid groups (broad SMARTS) is 1. The Labute approximate surface area is 78.3 Å². The summed E-state index contributed by atoms with van der Waals surface area (Å²) in [6.07, 6.45) is 1.24. The molecular formula is C7H6ClNO4. The molecule has 0 spiro atoms. The van der Waals surface area contributed by atoms with Crippen molar-refractivity contribution in [2.75, 3.05) is 0 Å². The van der Waals surface area contributed by atoms with Crippen LogP contribution in [-0.4, -0.2) is 21.3 Å². The van der Waals surface area contributed by atoms with E-state index in [2.05, 4.69) is 4.98 Å². The first-order valence-corrected chi connectivity index (χ1v) is 3.83. The highest BCUT2D eigenvalue weighted by molar-refractivity contribution is 6.67. The van der Waals surface area contributed by atoms with Crippen molar-refractivity contribution in [1.29, 1.82) is 0 Å². The van der Waals surface area contributed by atoms with Crippen LogP contribution in [0.15, 0.2) is 10.6 Å². The van der Waals surface area contributed by atoms with Gasteiger partial charge in [0, 0.05) is 6.42 Å². The molecule has 0 saturated heterocycles. The number of carboxylic acids is 1. The molecule has 1 rings (SSSR count). The van der Waals surface area contributed by atoms with E-state index in [9.17, 15) is 9.59 Å². The van der Waals surface area contributed by atoms with E-state index in [1.54, 1.807) is 0 Å². The SMILES string of the molecule is O=C(O)CCc1ncc(C(=O)Cl)o1. The lowest BCUT2D eigenvalue weighted by atomic mass is 10.3. The van der Waals surface area contributed by atoms with Gasteiger partial charge in [-0.1, -0.05) is 0 Å². The summed E-state index contributed by atoms with van der Waals surface area (Å²) in [6, 6.07) is 0. The maximum absolute atomic E-state index is 10.5. The molecule has 0 bridgehead atoms. The van der Waals surface area contributed by atoms with E-state index >= 15 is 0 Å². The lowest BCUT2D eigenvalue weighted by Crippen LogP contribution is -1.97. The maximum Gasteiger partial charge on any atom is 0.303 e. The molecule has 0 aliphatic rings. The minimum atomic E-state index is -0.947. The van der Waals surface area contributed by atoms with Crippen LogP contribution in [0.3, 0.4) is 0 Å². The van der Waals surface area contributed by atoms with E-state index in [1.807, 2.05) is 0 Å². The number of carbonyl (C=O) groups excluding carboxylic acids is 1. The second kappa shape index (κ2) is 4.04. The number of aromatic nitrogens is 1. The van der Waals surface area contributed by atoms with Crippen LogP contribution in [0, 0.1) is 0 Å². The highest BCUT2D eigenvalue weighted by Crippen LogP contribution is 2.08. The van der Waals surface area contributed by atoms with Crippen LogP contribution >= 0.6 is 11.6 Å². The van der Waals surface area contributed by atoms with Crippen LogP contribution in [0.4, 0.5) is 0 Å². The van der Waals surface area contributed by atoms with E-state index in [-0.39, 0.29) is 24.5 Å². The molecule has 0 aromatic carbocycles. The Balaban J connectivity index is 2.59. The first-order valence-electron chi connectivity index (χ1n) is 3.46. The van der Waals surface area contributed by atoms with Gasteiger partial charge >= 0.3 is 5.97 Å². The van der Waals surface area contributed by atoms with Crippen molar-refractivity contribution < 1.29 is 19.1 Å². The number of oxazole rings is 1. The van der Waals surface area contributed by atoms with Crippen LogP contribution in [0.5, 0.6) is 0 Å². The second-order valence-electron chi connectivity index (χ2n) is 2.29. The van der Waals surface area contributed by atoms with Crippen molar-refractivity contribution >= 4 is 22.8 Å². The lowest BCUT2D eigenvalue weighted by Gasteiger charge is -1.89. The number of hydrogen-bond donors (Lipinski definition) is 1. The first-order chi connectivity index (χ1) is 6.09. The van der Waals surface area contributed by atoms with Gasteiger partial charge in [-0.3, -0.25) is 9.59 Å². The molecule has 0 saturated carbocycles. The monoisotopic (exact) mass is 203 g/mol. The molecule has 0 unspecified atom stereocenters. The van der Waals surface area contributed by atoms with Crippen molar-refractivity contribution in [2.45, 2.75) is 12.8 Å². The lowest BCUT2D eigenvalue weighted by molar-refractivity contribution is -0.137. The molecule has 0 fully saturated rings. The van der Waals surface area contributed by atoms with Gasteiger partial charge in [0.05, 0.1) is 12.6 Å². The van der Waals surface area contributed by atoms with Gasteiger partial charge in [0.15, 0.2) is 5.89 Å². The summed E-state index contributed by atoms with van der Waals surface area (Å²) >= 11 is 5.09. The third kappa shape index (κ3) is 2.87. The van der Waals surface area contributed by atoms with Crippen LogP contribution in [0.2, 0.25) is 0 Å². The van der Waals surface area contributed by atoms with Gasteiger partial charge in [0.1, 0.15) is 0 Å². The molecular weight excluding hydrogens is 198 g/mol. The molecule has 0 atom stereocenters. The number of aryl methyl sites for hydroxylation is 1. The van der Waals surface area contributed by atoms with Crippen molar-refractivity contribution in [3.63, 3.8) is 0 Å². The summed E-state index contributed by atoms with van der Waals surface area (Å²) in [5.41, 5.74) is 0.